The molecule has 0 aliphatic carbocycles. The van der Waals surface area contributed by atoms with Gasteiger partial charge in [-0.2, -0.15) is 8.82 Å². The third-order valence-electron chi connectivity index (χ3n) is 5.32. The second-order valence-corrected chi connectivity index (χ2v) is 9.23. The van der Waals surface area contributed by atoms with Crippen LogP contribution in [0.5, 0.6) is 0 Å². The van der Waals surface area contributed by atoms with E-state index in [1.807, 2.05) is 29.2 Å². The molecule has 31 heavy (non-hydrogen) atoms. The normalized spacial score (nSPS) is 15.8. The molecule has 11 heteroatoms. The Bertz CT molecular complexity index is 1410. The molecule has 3 heterocycles. The zero-order valence-corrected chi connectivity index (χ0v) is 17.4. The van der Waals surface area contributed by atoms with Crippen LogP contribution in [0, 0.1) is 18.6 Å². The van der Waals surface area contributed by atoms with E-state index in [4.69, 9.17) is 4.98 Å². The summed E-state index contributed by atoms with van der Waals surface area (Å²) in [6.07, 6.45) is 0. The Morgan fingerprint density at radius 3 is 2.42 bits per heavy atom. The summed E-state index contributed by atoms with van der Waals surface area (Å²) in [5.74, 6) is -1.08. The number of rotatable bonds is 3. The van der Waals surface area contributed by atoms with Gasteiger partial charge in [-0.15, -0.1) is 5.10 Å². The molecule has 1 fully saturated rings. The molecule has 160 valence electrons. The summed E-state index contributed by atoms with van der Waals surface area (Å²) >= 11 is 0. The molecule has 1 saturated heterocycles. The Morgan fingerprint density at radius 1 is 0.935 bits per heavy atom. The van der Waals surface area contributed by atoms with Gasteiger partial charge in [-0.05, 0) is 37.3 Å². The van der Waals surface area contributed by atoms with E-state index in [1.54, 1.807) is 11.4 Å². The molecule has 2 aromatic heterocycles. The maximum absolute atomic E-state index is 13.5. The monoisotopic (exact) mass is 444 g/mol. The summed E-state index contributed by atoms with van der Waals surface area (Å²) in [4.78, 5) is 10.9. The van der Waals surface area contributed by atoms with Crippen molar-refractivity contribution in [1.29, 1.82) is 0 Å². The first-order valence-corrected chi connectivity index (χ1v) is 11.1. The molecule has 0 unspecified atom stereocenters. The summed E-state index contributed by atoms with van der Waals surface area (Å²) in [6.45, 7) is 2.87. The highest BCUT2D eigenvalue weighted by molar-refractivity contribution is 7.89. The maximum atomic E-state index is 13.5. The standard InChI is InChI=1S/C20H18F2N6O2S/c1-13-23-19-15-4-2-3-5-18(15)24-20(28(19)25-13)26-8-10-27(11-9-26)31(29,30)14-6-7-16(21)17(22)12-14/h2-7,12H,8-11H2,1H3. The van der Waals surface area contributed by atoms with Crippen LogP contribution in [0.25, 0.3) is 16.6 Å². The number of anilines is 1. The number of sulfonamides is 1. The van der Waals surface area contributed by atoms with Gasteiger partial charge in [0.05, 0.1) is 10.4 Å². The largest absolute Gasteiger partial charge is 0.338 e. The van der Waals surface area contributed by atoms with Gasteiger partial charge in [-0.25, -0.2) is 27.2 Å². The molecule has 0 amide bonds. The van der Waals surface area contributed by atoms with Gasteiger partial charge < -0.3 is 4.90 Å². The lowest BCUT2D eigenvalue weighted by molar-refractivity contribution is 0.381. The number of para-hydroxylation sites is 1. The summed E-state index contributed by atoms with van der Waals surface area (Å²) in [5, 5.41) is 5.35. The summed E-state index contributed by atoms with van der Waals surface area (Å²) in [5.41, 5.74) is 1.46. The highest BCUT2D eigenvalue weighted by Gasteiger charge is 2.30. The number of aromatic nitrogens is 4. The fraction of sp³-hybridized carbons (Fsp3) is 0.250. The Hall–Kier alpha value is -3.18. The first-order valence-electron chi connectivity index (χ1n) is 9.67. The van der Waals surface area contributed by atoms with E-state index < -0.39 is 21.7 Å². The average molecular weight is 444 g/mol. The predicted molar refractivity (Wildman–Crippen MR) is 110 cm³/mol. The van der Waals surface area contributed by atoms with E-state index in [0.717, 1.165) is 23.0 Å². The number of fused-ring (bicyclic) bond motifs is 3. The first kappa shape index (κ1) is 19.8. The molecule has 0 spiro atoms. The third-order valence-corrected chi connectivity index (χ3v) is 7.21. The zero-order chi connectivity index (χ0) is 21.8. The van der Waals surface area contributed by atoms with Crippen molar-refractivity contribution < 1.29 is 17.2 Å². The van der Waals surface area contributed by atoms with E-state index in [2.05, 4.69) is 10.1 Å². The fourth-order valence-corrected chi connectivity index (χ4v) is 5.20. The highest BCUT2D eigenvalue weighted by atomic mass is 32.2. The van der Waals surface area contributed by atoms with E-state index in [9.17, 15) is 17.2 Å². The van der Waals surface area contributed by atoms with Crippen molar-refractivity contribution >= 4 is 32.5 Å². The molecule has 1 aliphatic rings. The molecule has 0 N–H and O–H groups in total. The van der Waals surface area contributed by atoms with Gasteiger partial charge >= 0.3 is 0 Å². The van der Waals surface area contributed by atoms with Crippen molar-refractivity contribution in [1.82, 2.24) is 23.9 Å². The van der Waals surface area contributed by atoms with Gasteiger partial charge in [0.1, 0.15) is 5.82 Å². The fourth-order valence-electron chi connectivity index (χ4n) is 3.76. The maximum Gasteiger partial charge on any atom is 0.243 e. The molecule has 0 saturated carbocycles. The quantitative estimate of drug-likeness (QED) is 0.483. The second kappa shape index (κ2) is 7.20. The van der Waals surface area contributed by atoms with Crippen LogP contribution >= 0.6 is 0 Å². The van der Waals surface area contributed by atoms with E-state index in [0.29, 0.717) is 36.6 Å². The van der Waals surface area contributed by atoms with Crippen molar-refractivity contribution in [3.05, 3.63) is 59.9 Å². The van der Waals surface area contributed by atoms with E-state index >= 15 is 0 Å². The lowest BCUT2D eigenvalue weighted by atomic mass is 10.2. The van der Waals surface area contributed by atoms with Crippen LogP contribution in [0.3, 0.4) is 0 Å². The lowest BCUT2D eigenvalue weighted by Crippen LogP contribution is -2.49. The van der Waals surface area contributed by atoms with Crippen molar-refractivity contribution in [3.8, 4) is 0 Å². The van der Waals surface area contributed by atoms with Crippen LogP contribution in [0.2, 0.25) is 0 Å². The van der Waals surface area contributed by atoms with Crippen LogP contribution in [0.15, 0.2) is 47.4 Å². The molecule has 5 rings (SSSR count). The molecule has 0 radical (unpaired) electrons. The molecule has 1 aliphatic heterocycles. The van der Waals surface area contributed by atoms with Crippen molar-refractivity contribution in [2.24, 2.45) is 0 Å². The molecule has 4 aromatic rings. The van der Waals surface area contributed by atoms with E-state index in [-0.39, 0.29) is 18.0 Å². The second-order valence-electron chi connectivity index (χ2n) is 7.29. The molecule has 0 bridgehead atoms. The Kier molecular flexibility index (Phi) is 4.59. The number of nitrogens with zero attached hydrogens (tertiary/aromatic N) is 6. The van der Waals surface area contributed by atoms with Gasteiger partial charge in [0.15, 0.2) is 17.3 Å². The molecular formula is C20H18F2N6O2S. The minimum absolute atomic E-state index is 0.172. The Labute approximate surface area is 176 Å². The number of piperazine rings is 1. The van der Waals surface area contributed by atoms with Crippen molar-refractivity contribution in [2.45, 2.75) is 11.8 Å². The van der Waals surface area contributed by atoms with Crippen LogP contribution in [0.1, 0.15) is 5.82 Å². The number of halogens is 2. The number of benzene rings is 2. The molecular weight excluding hydrogens is 426 g/mol. The van der Waals surface area contributed by atoms with Gasteiger partial charge in [-0.3, -0.25) is 0 Å². The lowest BCUT2D eigenvalue weighted by Gasteiger charge is -2.34. The molecule has 2 aromatic carbocycles. The number of hydrogen-bond donors (Lipinski definition) is 0. The smallest absolute Gasteiger partial charge is 0.243 e. The Morgan fingerprint density at radius 2 is 1.68 bits per heavy atom. The molecule has 8 nitrogen and oxygen atoms in total. The minimum Gasteiger partial charge on any atom is -0.338 e. The third kappa shape index (κ3) is 3.29. The van der Waals surface area contributed by atoms with Gasteiger partial charge in [0, 0.05) is 31.6 Å². The topological polar surface area (TPSA) is 83.7 Å². The average Bonchev–Trinajstić information content (AvgIpc) is 3.17. The van der Waals surface area contributed by atoms with Crippen LogP contribution in [0.4, 0.5) is 14.7 Å². The molecule has 0 atom stereocenters. The first-order chi connectivity index (χ1) is 14.8. The highest BCUT2D eigenvalue weighted by Crippen LogP contribution is 2.25. The summed E-state index contributed by atoms with van der Waals surface area (Å²) in [7, 11) is -3.94. The summed E-state index contributed by atoms with van der Waals surface area (Å²) < 4.78 is 55.4. The SMILES string of the molecule is Cc1nc2c3ccccc3nc(N3CCN(S(=O)(=O)c4ccc(F)c(F)c4)CC3)n2n1. The van der Waals surface area contributed by atoms with Gasteiger partial charge in [0.2, 0.25) is 16.0 Å². The van der Waals surface area contributed by atoms with Crippen LogP contribution < -0.4 is 4.90 Å². The van der Waals surface area contributed by atoms with Gasteiger partial charge in [0.25, 0.3) is 0 Å². The minimum atomic E-state index is -3.94. The van der Waals surface area contributed by atoms with Crippen LogP contribution in [-0.4, -0.2) is 58.5 Å². The number of aryl methyl sites for hydroxylation is 1. The van der Waals surface area contributed by atoms with Crippen molar-refractivity contribution in [2.75, 3.05) is 31.1 Å². The number of hydrogen-bond acceptors (Lipinski definition) is 6. The van der Waals surface area contributed by atoms with Crippen molar-refractivity contribution in [3.63, 3.8) is 0 Å². The van der Waals surface area contributed by atoms with Gasteiger partial charge in [-0.1, -0.05) is 12.1 Å². The predicted octanol–water partition coefficient (Wildman–Crippen LogP) is 2.38. The van der Waals surface area contributed by atoms with Crippen LogP contribution in [-0.2, 0) is 10.0 Å². The summed E-state index contributed by atoms with van der Waals surface area (Å²) in [6, 6.07) is 10.2. The van der Waals surface area contributed by atoms with E-state index in [1.165, 1.54) is 4.31 Å². The Balaban J connectivity index is 1.45. The zero-order valence-electron chi connectivity index (χ0n) is 16.5.